The largest absolute Gasteiger partial charge is 0.0776 e. The topological polar surface area (TPSA) is 0 Å². The summed E-state index contributed by atoms with van der Waals surface area (Å²) in [7, 11) is 0. The normalized spacial score (nSPS) is 7.14. The van der Waals surface area contributed by atoms with Gasteiger partial charge in [0.25, 0.3) is 0 Å². The van der Waals surface area contributed by atoms with E-state index in [1.807, 2.05) is 69.2 Å². The van der Waals surface area contributed by atoms with E-state index < -0.39 is 0 Å². The summed E-state index contributed by atoms with van der Waals surface area (Å²) in [6, 6.07) is 0. The number of hydrogen-bond donors (Lipinski definition) is 0. The van der Waals surface area contributed by atoms with Crippen LogP contribution in [0.2, 0.25) is 0 Å². The van der Waals surface area contributed by atoms with E-state index >= 15 is 0 Å². The maximum Gasteiger partial charge on any atom is -0.0354 e. The summed E-state index contributed by atoms with van der Waals surface area (Å²) in [4.78, 5) is 0. The zero-order valence-corrected chi connectivity index (χ0v) is 18.0. The van der Waals surface area contributed by atoms with Gasteiger partial charge in [-0.15, -0.1) is 0 Å². The maximum atomic E-state index is 2.38. The van der Waals surface area contributed by atoms with Gasteiger partial charge in [0.2, 0.25) is 0 Å². The van der Waals surface area contributed by atoms with Gasteiger partial charge < -0.3 is 0 Å². The first kappa shape index (κ1) is 42.9. The van der Waals surface area contributed by atoms with Crippen LogP contribution in [0.5, 0.6) is 0 Å². The first-order chi connectivity index (χ1) is 9.62. The summed E-state index contributed by atoms with van der Waals surface area (Å²) in [5, 5.41) is 0. The molecule has 0 amide bonds. The first-order valence-electron chi connectivity index (χ1n) is 9.62. The minimum absolute atomic E-state index is 0. The van der Waals surface area contributed by atoms with E-state index in [0.29, 0.717) is 5.41 Å². The highest BCUT2D eigenvalue weighted by molar-refractivity contribution is 4.66. The number of rotatable bonds is 5. The summed E-state index contributed by atoms with van der Waals surface area (Å²) in [5.74, 6) is 0. The molecule has 0 radical (unpaired) electrons. The molecule has 0 saturated heterocycles. The molecule has 0 fully saturated rings. The molecular formula is C21H56. The highest BCUT2D eigenvalue weighted by Gasteiger charge is 2.14. The van der Waals surface area contributed by atoms with E-state index in [1.165, 1.54) is 32.1 Å². The van der Waals surface area contributed by atoms with Crippen molar-refractivity contribution in [3.05, 3.63) is 0 Å². The van der Waals surface area contributed by atoms with Crippen molar-refractivity contribution in [3.8, 4) is 0 Å². The van der Waals surface area contributed by atoms with E-state index in [4.69, 9.17) is 0 Å². The molecule has 0 aliphatic carbocycles. The Morgan fingerprint density at radius 3 is 1.00 bits per heavy atom. The first-order valence-corrected chi connectivity index (χ1v) is 9.62. The Hall–Kier alpha value is 0. The van der Waals surface area contributed by atoms with E-state index in [1.54, 1.807) is 0 Å². The average Bonchev–Trinajstić information content (AvgIpc) is 2.55. The third-order valence-corrected chi connectivity index (χ3v) is 2.13. The smallest absolute Gasteiger partial charge is 0.0354 e. The fourth-order valence-corrected chi connectivity index (χ4v) is 1.46. The lowest BCUT2D eigenvalue weighted by atomic mass is 9.83. The second-order valence-corrected chi connectivity index (χ2v) is 4.02. The van der Waals surface area contributed by atoms with Gasteiger partial charge in [-0.2, -0.15) is 0 Å². The minimum Gasteiger partial charge on any atom is -0.0776 e. The summed E-state index contributed by atoms with van der Waals surface area (Å²) < 4.78 is 0. The maximum absolute atomic E-state index is 2.38. The molecule has 0 rings (SSSR count). The number of unbranched alkanes of at least 4 members (excludes halogenated alkanes) is 1. The molecule has 21 heavy (non-hydrogen) atoms. The van der Waals surface area contributed by atoms with E-state index in [2.05, 4.69) is 27.7 Å². The fraction of sp³-hybridized carbons (Fsp3) is 1.00. The predicted octanol–water partition coefficient (Wildman–Crippen LogP) is 9.77. The van der Waals surface area contributed by atoms with Crippen LogP contribution < -0.4 is 0 Å². The van der Waals surface area contributed by atoms with Crippen molar-refractivity contribution in [3.63, 3.8) is 0 Å². The summed E-state index contributed by atoms with van der Waals surface area (Å²) in [6.45, 7) is 29.3. The molecule has 140 valence electrons. The van der Waals surface area contributed by atoms with Gasteiger partial charge in [-0.3, -0.25) is 0 Å². The van der Waals surface area contributed by atoms with Crippen LogP contribution in [0.4, 0.5) is 0 Å². The van der Waals surface area contributed by atoms with Crippen LogP contribution >= 0.6 is 0 Å². The van der Waals surface area contributed by atoms with E-state index in [-0.39, 0.29) is 7.43 Å². The Balaban J connectivity index is -0.0000000303. The van der Waals surface area contributed by atoms with Crippen molar-refractivity contribution in [2.45, 2.75) is 136 Å². The summed E-state index contributed by atoms with van der Waals surface area (Å²) in [6.07, 6.45) is 6.85. The molecule has 0 aromatic rings. The highest BCUT2D eigenvalue weighted by atomic mass is 14.2. The third kappa shape index (κ3) is 80.0. The van der Waals surface area contributed by atoms with Gasteiger partial charge in [0, 0.05) is 0 Å². The van der Waals surface area contributed by atoms with Crippen molar-refractivity contribution in [1.82, 2.24) is 0 Å². The lowest BCUT2D eigenvalue weighted by Gasteiger charge is -2.23. The second kappa shape index (κ2) is 59.7. The number of hydrogen-bond acceptors (Lipinski definition) is 0. The van der Waals surface area contributed by atoms with Crippen LogP contribution in [-0.2, 0) is 0 Å². The van der Waals surface area contributed by atoms with Crippen molar-refractivity contribution in [2.24, 2.45) is 5.41 Å². The van der Waals surface area contributed by atoms with Gasteiger partial charge in [0.05, 0.1) is 0 Å². The molecule has 0 unspecified atom stereocenters. The van der Waals surface area contributed by atoms with Gasteiger partial charge in [0.1, 0.15) is 0 Å². The van der Waals surface area contributed by atoms with Gasteiger partial charge in [-0.05, 0) is 18.3 Å². The van der Waals surface area contributed by atoms with Crippen LogP contribution in [0, 0.1) is 5.41 Å². The monoisotopic (exact) mass is 308 g/mol. The molecule has 0 N–H and O–H groups in total. The SMILES string of the molecule is C.CC.CC.CC.CC.CC.CCCCC(C)(C)CCC. The van der Waals surface area contributed by atoms with Crippen LogP contribution in [0.25, 0.3) is 0 Å². The van der Waals surface area contributed by atoms with Crippen LogP contribution in [0.1, 0.15) is 136 Å². The Bertz CT molecular complexity index is 72.1. The van der Waals surface area contributed by atoms with Crippen LogP contribution in [0.15, 0.2) is 0 Å². The van der Waals surface area contributed by atoms with Crippen LogP contribution in [0.3, 0.4) is 0 Å². The Morgan fingerprint density at radius 1 is 0.524 bits per heavy atom. The molecular weight excluding hydrogens is 252 g/mol. The van der Waals surface area contributed by atoms with Crippen molar-refractivity contribution in [1.29, 1.82) is 0 Å². The predicted molar refractivity (Wildman–Crippen MR) is 112 cm³/mol. The van der Waals surface area contributed by atoms with Gasteiger partial charge in [-0.1, -0.05) is 124 Å². The molecule has 0 saturated carbocycles. The van der Waals surface area contributed by atoms with Crippen molar-refractivity contribution in [2.75, 3.05) is 0 Å². The zero-order valence-electron chi connectivity index (χ0n) is 18.0. The second-order valence-electron chi connectivity index (χ2n) is 4.02. The quantitative estimate of drug-likeness (QED) is 0.474. The Morgan fingerprint density at radius 2 is 0.810 bits per heavy atom. The lowest BCUT2D eigenvalue weighted by molar-refractivity contribution is 0.295. The van der Waals surface area contributed by atoms with Gasteiger partial charge >= 0.3 is 0 Å². The zero-order chi connectivity index (χ0) is 18.0. The standard InChI is InChI=1S/C10H22.5C2H6.CH4/c1-5-7-9-10(3,4)8-6-2;5*1-2;/h5-9H2,1-4H3;5*1-2H3;1H4. The fourth-order valence-electron chi connectivity index (χ4n) is 1.46. The van der Waals surface area contributed by atoms with E-state index in [9.17, 15) is 0 Å². The van der Waals surface area contributed by atoms with Gasteiger partial charge in [0.15, 0.2) is 0 Å². The molecule has 0 aliphatic rings. The Labute approximate surface area is 142 Å². The molecule has 0 nitrogen and oxygen atoms in total. The Kier molecular flexibility index (Phi) is 122. The average molecular weight is 309 g/mol. The minimum atomic E-state index is 0. The molecule has 0 heteroatoms. The third-order valence-electron chi connectivity index (χ3n) is 2.13. The molecule has 0 spiro atoms. The summed E-state index contributed by atoms with van der Waals surface area (Å²) >= 11 is 0. The molecule has 0 aliphatic heterocycles. The summed E-state index contributed by atoms with van der Waals surface area (Å²) in [5.41, 5.74) is 0.602. The van der Waals surface area contributed by atoms with Crippen molar-refractivity contribution < 1.29 is 0 Å². The van der Waals surface area contributed by atoms with E-state index in [0.717, 1.165) is 0 Å². The lowest BCUT2D eigenvalue weighted by Crippen LogP contribution is -2.09. The molecule has 0 aromatic carbocycles. The van der Waals surface area contributed by atoms with Crippen LogP contribution in [-0.4, -0.2) is 0 Å². The van der Waals surface area contributed by atoms with Crippen molar-refractivity contribution >= 4 is 0 Å². The molecule has 0 aromatic heterocycles. The molecule has 0 bridgehead atoms. The molecule has 0 heterocycles. The molecule has 0 atom stereocenters. The highest BCUT2D eigenvalue weighted by Crippen LogP contribution is 2.28. The van der Waals surface area contributed by atoms with Gasteiger partial charge in [-0.25, -0.2) is 0 Å².